The van der Waals surface area contributed by atoms with E-state index in [1.54, 1.807) is 29.1 Å². The SMILES string of the molecule is O=C(Nc1scc(C2CCc3ccccc3C2)c1C(=O)OI)c1ccccc1I. The monoisotopic (exact) mass is 629 g/mol. The van der Waals surface area contributed by atoms with Crippen LogP contribution in [0.4, 0.5) is 5.00 Å². The number of benzene rings is 2. The van der Waals surface area contributed by atoms with Gasteiger partial charge in [0.1, 0.15) is 5.00 Å². The Hall–Kier alpha value is -1.46. The second-order valence-corrected chi connectivity index (χ2v) is 9.38. The van der Waals surface area contributed by atoms with Crippen LogP contribution in [0, 0.1) is 3.57 Å². The Morgan fingerprint density at radius 3 is 2.55 bits per heavy atom. The van der Waals surface area contributed by atoms with Gasteiger partial charge in [-0.05, 0) is 82.0 Å². The van der Waals surface area contributed by atoms with Crippen LogP contribution in [0.5, 0.6) is 0 Å². The van der Waals surface area contributed by atoms with Gasteiger partial charge in [0.25, 0.3) is 5.91 Å². The zero-order valence-electron chi connectivity index (χ0n) is 15.3. The summed E-state index contributed by atoms with van der Waals surface area (Å²) < 4.78 is 5.89. The molecular weight excluding hydrogens is 612 g/mol. The van der Waals surface area contributed by atoms with Gasteiger partial charge in [-0.2, -0.15) is 0 Å². The molecule has 1 amide bonds. The second kappa shape index (κ2) is 9.13. The number of fused-ring (bicyclic) bond motifs is 1. The average Bonchev–Trinajstić information content (AvgIpc) is 3.16. The Kier molecular flexibility index (Phi) is 6.55. The van der Waals surface area contributed by atoms with Gasteiger partial charge in [-0.3, -0.25) is 4.79 Å². The number of carbonyl (C=O) groups excluding carboxylic acids is 2. The van der Waals surface area contributed by atoms with Crippen molar-refractivity contribution in [2.75, 3.05) is 5.32 Å². The highest BCUT2D eigenvalue weighted by Gasteiger charge is 2.29. The molecule has 4 rings (SSSR count). The first-order valence-corrected chi connectivity index (χ1v) is 12.0. The van der Waals surface area contributed by atoms with Crippen LogP contribution in [0.25, 0.3) is 0 Å². The van der Waals surface area contributed by atoms with Crippen LogP contribution in [0.2, 0.25) is 0 Å². The van der Waals surface area contributed by atoms with Crippen LogP contribution in [0.3, 0.4) is 0 Å². The molecule has 4 nitrogen and oxygen atoms in total. The van der Waals surface area contributed by atoms with Crippen molar-refractivity contribution in [3.05, 3.63) is 85.3 Å². The van der Waals surface area contributed by atoms with Crippen molar-refractivity contribution in [3.63, 3.8) is 0 Å². The molecule has 1 aliphatic carbocycles. The van der Waals surface area contributed by atoms with Crippen LogP contribution in [0.15, 0.2) is 53.9 Å². The van der Waals surface area contributed by atoms with Crippen molar-refractivity contribution in [1.82, 2.24) is 0 Å². The molecule has 1 N–H and O–H groups in total. The summed E-state index contributed by atoms with van der Waals surface area (Å²) in [5, 5.41) is 5.47. The molecule has 0 aliphatic heterocycles. The highest BCUT2D eigenvalue weighted by Crippen LogP contribution is 2.40. The molecule has 0 saturated carbocycles. The minimum Gasteiger partial charge on any atom is -0.391 e. The molecule has 7 heteroatoms. The Morgan fingerprint density at radius 1 is 1.07 bits per heavy atom. The quantitative estimate of drug-likeness (QED) is 0.341. The average molecular weight is 629 g/mol. The molecule has 1 heterocycles. The zero-order valence-corrected chi connectivity index (χ0v) is 20.4. The predicted octanol–water partition coefficient (Wildman–Crippen LogP) is 6.38. The normalized spacial score (nSPS) is 15.4. The largest absolute Gasteiger partial charge is 0.391 e. The fourth-order valence-electron chi connectivity index (χ4n) is 3.79. The highest BCUT2D eigenvalue weighted by molar-refractivity contribution is 14.1. The molecule has 0 bridgehead atoms. The van der Waals surface area contributed by atoms with E-state index in [1.807, 2.05) is 23.6 Å². The molecular formula is C22H17I2NO3S. The number of hydrogen-bond acceptors (Lipinski definition) is 4. The molecule has 2 aromatic carbocycles. The summed E-state index contributed by atoms with van der Waals surface area (Å²) in [5.74, 6) is -0.409. The lowest BCUT2D eigenvalue weighted by atomic mass is 9.80. The van der Waals surface area contributed by atoms with E-state index in [0.29, 0.717) is 16.1 Å². The van der Waals surface area contributed by atoms with Gasteiger partial charge in [0.15, 0.2) is 23.0 Å². The molecule has 148 valence electrons. The first kappa shape index (κ1) is 20.8. The molecule has 1 unspecified atom stereocenters. The van der Waals surface area contributed by atoms with E-state index in [-0.39, 0.29) is 11.8 Å². The second-order valence-electron chi connectivity index (χ2n) is 6.90. The van der Waals surface area contributed by atoms with Crippen molar-refractivity contribution in [1.29, 1.82) is 0 Å². The topological polar surface area (TPSA) is 55.4 Å². The Labute approximate surface area is 200 Å². The summed E-state index contributed by atoms with van der Waals surface area (Å²) in [6, 6.07) is 15.8. The number of carbonyl (C=O) groups is 2. The predicted molar refractivity (Wildman–Crippen MR) is 132 cm³/mol. The number of halogens is 2. The Bertz CT molecular complexity index is 1080. The van der Waals surface area contributed by atoms with Crippen LogP contribution in [0.1, 0.15) is 49.7 Å². The standard InChI is InChI=1S/C22H17I2NO3S/c23-18-8-4-3-7-16(18)20(26)25-21-19(22(27)28-24)17(12-29-21)15-10-9-13-5-1-2-6-14(13)11-15/h1-8,12,15H,9-11H2,(H,25,26). The molecule has 0 saturated heterocycles. The molecule has 0 radical (unpaired) electrons. The van der Waals surface area contributed by atoms with Gasteiger partial charge in [0, 0.05) is 3.57 Å². The number of aryl methyl sites for hydroxylation is 1. The molecule has 1 atom stereocenters. The fourth-order valence-corrected chi connectivity index (χ4v) is 5.67. The van der Waals surface area contributed by atoms with Gasteiger partial charge in [0.05, 0.1) is 11.1 Å². The Morgan fingerprint density at radius 2 is 1.79 bits per heavy atom. The van der Waals surface area contributed by atoms with Gasteiger partial charge in [-0.25, -0.2) is 4.79 Å². The number of hydrogen-bond donors (Lipinski definition) is 1. The van der Waals surface area contributed by atoms with Crippen LogP contribution in [-0.2, 0) is 15.9 Å². The molecule has 0 spiro atoms. The van der Waals surface area contributed by atoms with E-state index in [2.05, 4.69) is 52.2 Å². The zero-order chi connectivity index (χ0) is 20.4. The van der Waals surface area contributed by atoms with Gasteiger partial charge in [-0.15, -0.1) is 11.3 Å². The van der Waals surface area contributed by atoms with Gasteiger partial charge < -0.3 is 8.38 Å². The maximum absolute atomic E-state index is 12.8. The van der Waals surface area contributed by atoms with Crippen molar-refractivity contribution in [2.24, 2.45) is 0 Å². The summed E-state index contributed by atoms with van der Waals surface area (Å²) >= 11 is 5.13. The number of thiophene rings is 1. The van der Waals surface area contributed by atoms with Gasteiger partial charge in [0.2, 0.25) is 0 Å². The van der Waals surface area contributed by atoms with Crippen molar-refractivity contribution in [2.45, 2.75) is 25.2 Å². The van der Waals surface area contributed by atoms with E-state index in [0.717, 1.165) is 28.4 Å². The maximum Gasteiger partial charge on any atom is 0.350 e. The number of amides is 1. The molecule has 1 aromatic heterocycles. The minimum absolute atomic E-state index is 0.222. The summed E-state index contributed by atoms with van der Waals surface area (Å²) in [6.07, 6.45) is 2.84. The van der Waals surface area contributed by atoms with E-state index >= 15 is 0 Å². The smallest absolute Gasteiger partial charge is 0.350 e. The lowest BCUT2D eigenvalue weighted by molar-refractivity contribution is 0.0800. The summed E-state index contributed by atoms with van der Waals surface area (Å²) in [7, 11) is 0. The number of rotatable bonds is 4. The summed E-state index contributed by atoms with van der Waals surface area (Å²) in [4.78, 5) is 25.4. The summed E-state index contributed by atoms with van der Waals surface area (Å²) in [6.45, 7) is 0. The minimum atomic E-state index is -0.418. The lowest BCUT2D eigenvalue weighted by Gasteiger charge is -2.25. The van der Waals surface area contributed by atoms with E-state index in [9.17, 15) is 9.59 Å². The molecule has 29 heavy (non-hydrogen) atoms. The third-order valence-corrected chi connectivity index (χ3v) is 7.48. The van der Waals surface area contributed by atoms with Crippen LogP contribution >= 0.6 is 56.9 Å². The van der Waals surface area contributed by atoms with Crippen molar-refractivity contribution in [3.8, 4) is 0 Å². The van der Waals surface area contributed by atoms with Gasteiger partial charge >= 0.3 is 5.97 Å². The van der Waals surface area contributed by atoms with E-state index in [1.165, 1.54) is 22.5 Å². The first-order valence-electron chi connectivity index (χ1n) is 9.15. The lowest BCUT2D eigenvalue weighted by Crippen LogP contribution is -2.17. The third kappa shape index (κ3) is 4.36. The van der Waals surface area contributed by atoms with E-state index < -0.39 is 5.97 Å². The Balaban J connectivity index is 1.65. The number of nitrogens with one attached hydrogen (secondary N) is 1. The van der Waals surface area contributed by atoms with E-state index in [4.69, 9.17) is 3.07 Å². The maximum atomic E-state index is 12.8. The summed E-state index contributed by atoms with van der Waals surface area (Å²) in [5.41, 5.74) is 4.73. The van der Waals surface area contributed by atoms with Crippen molar-refractivity contribution < 1.29 is 12.7 Å². The van der Waals surface area contributed by atoms with Crippen LogP contribution < -0.4 is 5.32 Å². The fraction of sp³-hybridized carbons (Fsp3) is 0.182. The molecule has 0 fully saturated rings. The number of anilines is 1. The van der Waals surface area contributed by atoms with Gasteiger partial charge in [-0.1, -0.05) is 36.4 Å². The highest BCUT2D eigenvalue weighted by atomic mass is 127. The molecule has 1 aliphatic rings. The first-order chi connectivity index (χ1) is 14.1. The molecule has 3 aromatic rings. The van der Waals surface area contributed by atoms with Crippen molar-refractivity contribution >= 4 is 73.8 Å². The van der Waals surface area contributed by atoms with Crippen LogP contribution in [-0.4, -0.2) is 11.9 Å². The third-order valence-electron chi connectivity index (χ3n) is 5.23.